The Morgan fingerprint density at radius 1 is 1.35 bits per heavy atom. The van der Waals surface area contributed by atoms with Crippen molar-refractivity contribution in [3.05, 3.63) is 24.2 Å². The third kappa shape index (κ3) is 3.97. The standard InChI is InChI=1S/C13H16F2N4O/c1-13(2,3)7-9-17-11(19-18-9)8-4-5-16-10(6-8)20-12(14)15/h4-6,12H,7H2,1-3H3,(H,17,18,19). The van der Waals surface area contributed by atoms with Gasteiger partial charge < -0.3 is 4.74 Å². The number of aromatic nitrogens is 4. The molecule has 0 fully saturated rings. The number of hydrogen-bond donors (Lipinski definition) is 1. The number of nitrogens with zero attached hydrogens (tertiary/aromatic N) is 3. The lowest BCUT2D eigenvalue weighted by Gasteiger charge is -2.15. The average Bonchev–Trinajstić information content (AvgIpc) is 2.74. The molecule has 2 aromatic rings. The number of H-pyrrole nitrogens is 1. The molecule has 5 nitrogen and oxygen atoms in total. The second-order valence-electron chi connectivity index (χ2n) is 5.60. The van der Waals surface area contributed by atoms with Crippen molar-refractivity contribution < 1.29 is 13.5 Å². The van der Waals surface area contributed by atoms with Crippen LogP contribution in [0.2, 0.25) is 0 Å². The molecule has 0 spiro atoms. The molecule has 2 rings (SSSR count). The number of nitrogens with one attached hydrogen (secondary N) is 1. The first-order valence-corrected chi connectivity index (χ1v) is 6.16. The van der Waals surface area contributed by atoms with Crippen molar-refractivity contribution in [2.75, 3.05) is 0 Å². The molecule has 0 radical (unpaired) electrons. The summed E-state index contributed by atoms with van der Waals surface area (Å²) in [6.45, 7) is 3.38. The van der Waals surface area contributed by atoms with Crippen LogP contribution in [0.25, 0.3) is 11.4 Å². The number of alkyl halides is 2. The molecule has 2 aromatic heterocycles. The summed E-state index contributed by atoms with van der Waals surface area (Å²) in [4.78, 5) is 8.05. The normalized spacial score (nSPS) is 11.9. The van der Waals surface area contributed by atoms with Crippen molar-refractivity contribution in [1.29, 1.82) is 0 Å². The molecule has 20 heavy (non-hydrogen) atoms. The average molecular weight is 282 g/mol. The van der Waals surface area contributed by atoms with Gasteiger partial charge in [0.25, 0.3) is 0 Å². The lowest BCUT2D eigenvalue weighted by atomic mass is 9.92. The van der Waals surface area contributed by atoms with E-state index in [1.807, 2.05) is 0 Å². The molecule has 0 aromatic carbocycles. The number of aromatic amines is 1. The largest absolute Gasteiger partial charge is 0.417 e. The van der Waals surface area contributed by atoms with E-state index in [9.17, 15) is 8.78 Å². The fourth-order valence-corrected chi connectivity index (χ4v) is 1.71. The van der Waals surface area contributed by atoms with Gasteiger partial charge in [0.05, 0.1) is 0 Å². The maximum Gasteiger partial charge on any atom is 0.388 e. The van der Waals surface area contributed by atoms with Gasteiger partial charge in [0.1, 0.15) is 5.82 Å². The van der Waals surface area contributed by atoms with Crippen LogP contribution in [0.4, 0.5) is 8.78 Å². The van der Waals surface area contributed by atoms with Crippen molar-refractivity contribution in [3.8, 4) is 17.3 Å². The smallest absolute Gasteiger partial charge is 0.388 e. The van der Waals surface area contributed by atoms with Crippen LogP contribution in [0.5, 0.6) is 5.88 Å². The molecule has 1 N–H and O–H groups in total. The van der Waals surface area contributed by atoms with Crippen molar-refractivity contribution in [2.45, 2.75) is 33.8 Å². The topological polar surface area (TPSA) is 63.7 Å². The van der Waals surface area contributed by atoms with E-state index in [1.54, 1.807) is 6.07 Å². The lowest BCUT2D eigenvalue weighted by molar-refractivity contribution is -0.0528. The van der Waals surface area contributed by atoms with Crippen LogP contribution in [0.1, 0.15) is 26.6 Å². The third-order valence-electron chi connectivity index (χ3n) is 2.43. The van der Waals surface area contributed by atoms with Crippen molar-refractivity contribution >= 4 is 0 Å². The van der Waals surface area contributed by atoms with Crippen LogP contribution in [0.3, 0.4) is 0 Å². The van der Waals surface area contributed by atoms with Crippen LogP contribution in [-0.2, 0) is 6.42 Å². The van der Waals surface area contributed by atoms with Gasteiger partial charge in [-0.1, -0.05) is 20.8 Å². The molecule has 7 heteroatoms. The second-order valence-corrected chi connectivity index (χ2v) is 5.60. The Labute approximate surface area is 115 Å². The molecule has 0 bridgehead atoms. The maximum absolute atomic E-state index is 12.1. The maximum atomic E-state index is 12.1. The van der Waals surface area contributed by atoms with Gasteiger partial charge in [-0.3, -0.25) is 5.10 Å². The van der Waals surface area contributed by atoms with Crippen LogP contribution in [0, 0.1) is 5.41 Å². The van der Waals surface area contributed by atoms with E-state index in [0.717, 1.165) is 12.2 Å². The van der Waals surface area contributed by atoms with Gasteiger partial charge in [0.2, 0.25) is 5.88 Å². The van der Waals surface area contributed by atoms with Gasteiger partial charge in [-0.05, 0) is 11.5 Å². The van der Waals surface area contributed by atoms with E-state index in [-0.39, 0.29) is 11.3 Å². The Kier molecular flexibility index (Phi) is 3.96. The van der Waals surface area contributed by atoms with Crippen molar-refractivity contribution in [3.63, 3.8) is 0 Å². The first kappa shape index (κ1) is 14.4. The minimum absolute atomic E-state index is 0.0823. The Hall–Kier alpha value is -2.05. The van der Waals surface area contributed by atoms with Gasteiger partial charge >= 0.3 is 6.61 Å². The molecule has 108 valence electrons. The SMILES string of the molecule is CC(C)(C)Cc1nc(-c2ccnc(OC(F)F)c2)n[nH]1. The quantitative estimate of drug-likeness (QED) is 0.936. The summed E-state index contributed by atoms with van der Waals surface area (Å²) in [6.07, 6.45) is 2.12. The Morgan fingerprint density at radius 3 is 2.75 bits per heavy atom. The number of halogens is 2. The Balaban J connectivity index is 2.19. The molecule has 0 aliphatic carbocycles. The molecular formula is C13H16F2N4O. The van der Waals surface area contributed by atoms with Gasteiger partial charge in [0.15, 0.2) is 5.82 Å². The molecule has 0 atom stereocenters. The lowest BCUT2D eigenvalue weighted by Crippen LogP contribution is -2.10. The first-order valence-electron chi connectivity index (χ1n) is 6.16. The highest BCUT2D eigenvalue weighted by Gasteiger charge is 2.15. The predicted molar refractivity (Wildman–Crippen MR) is 69.4 cm³/mol. The fraction of sp³-hybridized carbons (Fsp3) is 0.462. The van der Waals surface area contributed by atoms with Crippen molar-refractivity contribution in [2.24, 2.45) is 5.41 Å². The summed E-state index contributed by atoms with van der Waals surface area (Å²) in [5, 5.41) is 6.93. The summed E-state index contributed by atoms with van der Waals surface area (Å²) >= 11 is 0. The fourth-order valence-electron chi connectivity index (χ4n) is 1.71. The minimum Gasteiger partial charge on any atom is -0.417 e. The van der Waals surface area contributed by atoms with E-state index in [2.05, 4.69) is 45.7 Å². The zero-order valence-electron chi connectivity index (χ0n) is 11.5. The summed E-state index contributed by atoms with van der Waals surface area (Å²) < 4.78 is 28.5. The first-order chi connectivity index (χ1) is 9.33. The number of pyridine rings is 1. The summed E-state index contributed by atoms with van der Waals surface area (Å²) in [7, 11) is 0. The van der Waals surface area contributed by atoms with Gasteiger partial charge in [0, 0.05) is 24.2 Å². The molecule has 0 amide bonds. The number of hydrogen-bond acceptors (Lipinski definition) is 4. The van der Waals surface area contributed by atoms with Gasteiger partial charge in [-0.15, -0.1) is 0 Å². The molecule has 0 aliphatic rings. The molecule has 0 saturated heterocycles. The Bertz CT molecular complexity index is 578. The van der Waals surface area contributed by atoms with Crippen LogP contribution < -0.4 is 4.74 Å². The van der Waals surface area contributed by atoms with Crippen LogP contribution in [-0.4, -0.2) is 26.8 Å². The van der Waals surface area contributed by atoms with Crippen molar-refractivity contribution in [1.82, 2.24) is 20.2 Å². The summed E-state index contributed by atoms with van der Waals surface area (Å²) in [5.41, 5.74) is 0.658. The van der Waals surface area contributed by atoms with E-state index >= 15 is 0 Å². The highest BCUT2D eigenvalue weighted by molar-refractivity contribution is 5.55. The highest BCUT2D eigenvalue weighted by Crippen LogP contribution is 2.22. The molecule has 2 heterocycles. The van der Waals surface area contributed by atoms with Gasteiger partial charge in [-0.2, -0.15) is 13.9 Å². The number of ether oxygens (including phenoxy) is 1. The van der Waals surface area contributed by atoms with E-state index in [4.69, 9.17) is 0 Å². The minimum atomic E-state index is -2.90. The van der Waals surface area contributed by atoms with Crippen LogP contribution >= 0.6 is 0 Å². The second kappa shape index (κ2) is 5.52. The molecule has 0 saturated carbocycles. The summed E-state index contributed by atoms with van der Waals surface area (Å²) in [5.74, 6) is 1.03. The molecule has 0 unspecified atom stereocenters. The highest BCUT2D eigenvalue weighted by atomic mass is 19.3. The monoisotopic (exact) mass is 282 g/mol. The van der Waals surface area contributed by atoms with Gasteiger partial charge in [-0.25, -0.2) is 9.97 Å². The predicted octanol–water partition coefficient (Wildman–Crippen LogP) is 3.06. The Morgan fingerprint density at radius 2 is 2.10 bits per heavy atom. The van der Waals surface area contributed by atoms with E-state index in [0.29, 0.717) is 11.4 Å². The number of rotatable bonds is 4. The zero-order valence-corrected chi connectivity index (χ0v) is 11.5. The van der Waals surface area contributed by atoms with E-state index < -0.39 is 6.61 Å². The zero-order chi connectivity index (χ0) is 14.8. The van der Waals surface area contributed by atoms with Crippen LogP contribution in [0.15, 0.2) is 18.3 Å². The summed E-state index contributed by atoms with van der Waals surface area (Å²) in [6, 6.07) is 3.03. The van der Waals surface area contributed by atoms with E-state index in [1.165, 1.54) is 12.3 Å². The molecule has 0 aliphatic heterocycles. The molecular weight excluding hydrogens is 266 g/mol. The third-order valence-corrected chi connectivity index (χ3v) is 2.43.